The maximum atomic E-state index is 5.44. The molecule has 1 aromatic rings. The summed E-state index contributed by atoms with van der Waals surface area (Å²) in [5, 5.41) is 0. The van der Waals surface area contributed by atoms with E-state index in [1.54, 1.807) is 0 Å². The molecule has 0 aliphatic carbocycles. The van der Waals surface area contributed by atoms with Crippen LogP contribution in [0.5, 0.6) is 0 Å². The van der Waals surface area contributed by atoms with Crippen molar-refractivity contribution in [1.82, 2.24) is 0 Å². The van der Waals surface area contributed by atoms with E-state index in [1.807, 2.05) is 6.07 Å². The van der Waals surface area contributed by atoms with Crippen molar-refractivity contribution in [3.05, 3.63) is 35.9 Å². The van der Waals surface area contributed by atoms with Gasteiger partial charge in [0.15, 0.2) is 5.90 Å². The lowest BCUT2D eigenvalue weighted by atomic mass is 10.1. The Hall–Kier alpha value is -1.31. The van der Waals surface area contributed by atoms with Crippen LogP contribution >= 0.6 is 0 Å². The molecule has 1 atom stereocenters. The Bertz CT molecular complexity index is 318. The first kappa shape index (κ1) is 9.25. The number of hydrogen-bond acceptors (Lipinski definition) is 2. The average Bonchev–Trinajstić information content (AvgIpc) is 2.67. The fourth-order valence-corrected chi connectivity index (χ4v) is 1.65. The number of hydrogen-bond donors (Lipinski definition) is 0. The van der Waals surface area contributed by atoms with Gasteiger partial charge in [0.2, 0.25) is 0 Å². The predicted octanol–water partition coefficient (Wildman–Crippen LogP) is 2.44. The van der Waals surface area contributed by atoms with Crippen molar-refractivity contribution in [2.45, 2.75) is 25.8 Å². The van der Waals surface area contributed by atoms with E-state index >= 15 is 0 Å². The zero-order valence-electron chi connectivity index (χ0n) is 8.44. The second kappa shape index (κ2) is 4.27. The summed E-state index contributed by atoms with van der Waals surface area (Å²) in [5.41, 5.74) is 1.34. The van der Waals surface area contributed by atoms with Crippen LogP contribution in [0.1, 0.15) is 18.9 Å². The minimum absolute atomic E-state index is 0.326. The zero-order valence-corrected chi connectivity index (χ0v) is 8.44. The lowest BCUT2D eigenvalue weighted by molar-refractivity contribution is 0.310. The molecular weight excluding hydrogens is 174 g/mol. The fraction of sp³-hybridized carbons (Fsp3) is 0.417. The minimum Gasteiger partial charge on any atom is -0.479 e. The number of benzene rings is 1. The summed E-state index contributed by atoms with van der Waals surface area (Å²) in [4.78, 5) is 4.50. The highest BCUT2D eigenvalue weighted by molar-refractivity contribution is 5.77. The molecule has 1 aliphatic heterocycles. The predicted molar refractivity (Wildman–Crippen MR) is 57.6 cm³/mol. The lowest BCUT2D eigenvalue weighted by Gasteiger charge is -2.04. The number of ether oxygens (including phenoxy) is 1. The van der Waals surface area contributed by atoms with E-state index in [0.29, 0.717) is 6.04 Å². The van der Waals surface area contributed by atoms with Gasteiger partial charge >= 0.3 is 0 Å². The highest BCUT2D eigenvalue weighted by atomic mass is 16.5. The Balaban J connectivity index is 1.97. The van der Waals surface area contributed by atoms with Crippen molar-refractivity contribution in [2.24, 2.45) is 4.99 Å². The molecule has 0 radical (unpaired) electrons. The molecule has 1 aliphatic rings. The van der Waals surface area contributed by atoms with Crippen molar-refractivity contribution in [2.75, 3.05) is 6.61 Å². The minimum atomic E-state index is 0.326. The number of nitrogens with zero attached hydrogens (tertiary/aromatic N) is 1. The summed E-state index contributed by atoms with van der Waals surface area (Å²) in [6, 6.07) is 10.8. The quantitative estimate of drug-likeness (QED) is 0.715. The van der Waals surface area contributed by atoms with Crippen molar-refractivity contribution in [1.29, 1.82) is 0 Å². The van der Waals surface area contributed by atoms with Crippen LogP contribution in [0.4, 0.5) is 0 Å². The molecule has 14 heavy (non-hydrogen) atoms. The van der Waals surface area contributed by atoms with Gasteiger partial charge in [-0.3, -0.25) is 0 Å². The third-order valence-electron chi connectivity index (χ3n) is 2.39. The van der Waals surface area contributed by atoms with Gasteiger partial charge in [0.05, 0.1) is 6.04 Å². The third-order valence-corrected chi connectivity index (χ3v) is 2.39. The standard InChI is InChI=1S/C12H15NO/c1-2-12-13-11(9-14-12)8-10-6-4-3-5-7-10/h3-7,11H,2,8-9H2,1H3/t11-/m1/s1. The highest BCUT2D eigenvalue weighted by Crippen LogP contribution is 2.12. The summed E-state index contributed by atoms with van der Waals surface area (Å²) in [5.74, 6) is 0.908. The van der Waals surface area contributed by atoms with E-state index in [9.17, 15) is 0 Å². The summed E-state index contributed by atoms with van der Waals surface area (Å²) >= 11 is 0. The second-order valence-corrected chi connectivity index (χ2v) is 3.53. The van der Waals surface area contributed by atoms with Crippen LogP contribution in [-0.2, 0) is 11.2 Å². The summed E-state index contributed by atoms with van der Waals surface area (Å²) in [7, 11) is 0. The normalized spacial score (nSPS) is 20.4. The van der Waals surface area contributed by atoms with Gasteiger partial charge in [-0.2, -0.15) is 0 Å². The summed E-state index contributed by atoms with van der Waals surface area (Å²) in [6.45, 7) is 2.82. The van der Waals surface area contributed by atoms with E-state index in [2.05, 4.69) is 36.2 Å². The smallest absolute Gasteiger partial charge is 0.183 e. The molecule has 2 rings (SSSR count). The van der Waals surface area contributed by atoms with Crippen LogP contribution in [0, 0.1) is 0 Å². The highest BCUT2D eigenvalue weighted by Gasteiger charge is 2.17. The lowest BCUT2D eigenvalue weighted by Crippen LogP contribution is -2.09. The molecule has 1 aromatic carbocycles. The molecule has 1 heterocycles. The van der Waals surface area contributed by atoms with Gasteiger partial charge in [-0.25, -0.2) is 4.99 Å². The largest absolute Gasteiger partial charge is 0.479 e. The Morgan fingerprint density at radius 3 is 2.79 bits per heavy atom. The van der Waals surface area contributed by atoms with Gasteiger partial charge < -0.3 is 4.74 Å². The molecule has 0 unspecified atom stereocenters. The second-order valence-electron chi connectivity index (χ2n) is 3.53. The van der Waals surface area contributed by atoms with E-state index in [1.165, 1.54) is 5.56 Å². The molecule has 0 fully saturated rings. The molecule has 0 N–H and O–H groups in total. The maximum absolute atomic E-state index is 5.44. The molecule has 0 aromatic heterocycles. The molecular formula is C12H15NO. The van der Waals surface area contributed by atoms with E-state index in [0.717, 1.165) is 25.3 Å². The fourth-order valence-electron chi connectivity index (χ4n) is 1.65. The Labute approximate surface area is 84.6 Å². The maximum Gasteiger partial charge on any atom is 0.183 e. The topological polar surface area (TPSA) is 21.6 Å². The van der Waals surface area contributed by atoms with Crippen molar-refractivity contribution >= 4 is 5.90 Å². The molecule has 0 saturated heterocycles. The molecule has 2 nitrogen and oxygen atoms in total. The monoisotopic (exact) mass is 189 g/mol. The molecule has 2 heteroatoms. The molecule has 0 saturated carbocycles. The van der Waals surface area contributed by atoms with Gasteiger partial charge in [-0.1, -0.05) is 37.3 Å². The van der Waals surface area contributed by atoms with Crippen molar-refractivity contribution < 1.29 is 4.74 Å². The molecule has 0 spiro atoms. The van der Waals surface area contributed by atoms with Crippen LogP contribution in [0.15, 0.2) is 35.3 Å². The average molecular weight is 189 g/mol. The molecule has 0 bridgehead atoms. The Kier molecular flexibility index (Phi) is 2.82. The zero-order chi connectivity index (χ0) is 9.80. The van der Waals surface area contributed by atoms with E-state index in [-0.39, 0.29) is 0 Å². The van der Waals surface area contributed by atoms with Gasteiger partial charge in [0.25, 0.3) is 0 Å². The Morgan fingerprint density at radius 1 is 1.36 bits per heavy atom. The van der Waals surface area contributed by atoms with Gasteiger partial charge in [0, 0.05) is 6.42 Å². The van der Waals surface area contributed by atoms with Crippen LogP contribution < -0.4 is 0 Å². The van der Waals surface area contributed by atoms with Crippen molar-refractivity contribution in [3.8, 4) is 0 Å². The van der Waals surface area contributed by atoms with E-state index < -0.39 is 0 Å². The van der Waals surface area contributed by atoms with Crippen LogP contribution in [0.3, 0.4) is 0 Å². The first-order valence-corrected chi connectivity index (χ1v) is 5.12. The number of rotatable bonds is 3. The van der Waals surface area contributed by atoms with E-state index in [4.69, 9.17) is 4.74 Å². The van der Waals surface area contributed by atoms with Crippen molar-refractivity contribution in [3.63, 3.8) is 0 Å². The van der Waals surface area contributed by atoms with Crippen LogP contribution in [0.25, 0.3) is 0 Å². The van der Waals surface area contributed by atoms with Gasteiger partial charge in [-0.15, -0.1) is 0 Å². The SMILES string of the molecule is CCC1=N[C@H](Cc2ccccc2)CO1. The van der Waals surface area contributed by atoms with Gasteiger partial charge in [0.1, 0.15) is 6.61 Å². The summed E-state index contributed by atoms with van der Waals surface area (Å²) in [6.07, 6.45) is 1.90. The summed E-state index contributed by atoms with van der Waals surface area (Å²) < 4.78 is 5.44. The van der Waals surface area contributed by atoms with Crippen LogP contribution in [0.2, 0.25) is 0 Å². The number of aliphatic imine (C=N–C) groups is 1. The molecule has 0 amide bonds. The third kappa shape index (κ3) is 2.13. The first-order valence-electron chi connectivity index (χ1n) is 5.12. The first-order chi connectivity index (χ1) is 6.88. The Morgan fingerprint density at radius 2 is 2.14 bits per heavy atom. The molecule has 74 valence electrons. The van der Waals surface area contributed by atoms with Crippen LogP contribution in [-0.4, -0.2) is 18.5 Å². The van der Waals surface area contributed by atoms with Gasteiger partial charge in [-0.05, 0) is 12.0 Å².